The number of hydrogen-bond donors (Lipinski definition) is 1. The molecule has 0 aromatic rings. The first kappa shape index (κ1) is 9.51. The lowest BCUT2D eigenvalue weighted by atomic mass is 10.00. The molecule has 0 spiro atoms. The van der Waals surface area contributed by atoms with Crippen molar-refractivity contribution in [1.29, 1.82) is 0 Å². The van der Waals surface area contributed by atoms with E-state index in [9.17, 15) is 0 Å². The van der Waals surface area contributed by atoms with Gasteiger partial charge in [0.15, 0.2) is 0 Å². The van der Waals surface area contributed by atoms with Crippen LogP contribution in [0.1, 0.15) is 58.3 Å². The summed E-state index contributed by atoms with van der Waals surface area (Å²) in [5.74, 6) is 0.986. The lowest BCUT2D eigenvalue weighted by Gasteiger charge is -2.18. The molecule has 0 aromatic heterocycles. The zero-order valence-corrected chi connectivity index (χ0v) is 8.94. The molecule has 76 valence electrons. The van der Waals surface area contributed by atoms with Gasteiger partial charge in [-0.2, -0.15) is 0 Å². The third-order valence-corrected chi connectivity index (χ3v) is 3.79. The van der Waals surface area contributed by atoms with E-state index in [0.29, 0.717) is 5.54 Å². The minimum Gasteiger partial charge on any atom is -0.311 e. The molecule has 13 heavy (non-hydrogen) atoms. The van der Waals surface area contributed by atoms with Gasteiger partial charge in [0.1, 0.15) is 0 Å². The van der Waals surface area contributed by atoms with Crippen LogP contribution in [0.4, 0.5) is 0 Å². The van der Waals surface area contributed by atoms with Crippen molar-refractivity contribution in [2.75, 3.05) is 6.54 Å². The molecule has 2 aliphatic rings. The first-order valence-corrected chi connectivity index (χ1v) is 6.04. The summed E-state index contributed by atoms with van der Waals surface area (Å²) >= 11 is 0. The van der Waals surface area contributed by atoms with Gasteiger partial charge in [-0.3, -0.25) is 0 Å². The van der Waals surface area contributed by atoms with Gasteiger partial charge in [-0.1, -0.05) is 25.7 Å². The molecular weight excluding hydrogens is 158 g/mol. The average molecular weight is 181 g/mol. The Balaban J connectivity index is 1.67. The van der Waals surface area contributed by atoms with E-state index < -0.39 is 0 Å². The van der Waals surface area contributed by atoms with Crippen LogP contribution in [0.25, 0.3) is 0 Å². The summed E-state index contributed by atoms with van der Waals surface area (Å²) in [6, 6.07) is 0. The van der Waals surface area contributed by atoms with Crippen LogP contribution in [0.2, 0.25) is 0 Å². The molecule has 0 saturated heterocycles. The summed E-state index contributed by atoms with van der Waals surface area (Å²) in [5.41, 5.74) is 0.548. The maximum absolute atomic E-state index is 3.73. The number of hydrogen-bond acceptors (Lipinski definition) is 1. The molecule has 2 rings (SSSR count). The maximum atomic E-state index is 3.73. The highest BCUT2D eigenvalue weighted by molar-refractivity contribution is 4.97. The second-order valence-corrected chi connectivity index (χ2v) is 5.30. The van der Waals surface area contributed by atoms with Gasteiger partial charge >= 0.3 is 0 Å². The lowest BCUT2D eigenvalue weighted by molar-refractivity contribution is 0.392. The molecule has 2 aliphatic carbocycles. The topological polar surface area (TPSA) is 12.0 Å². The predicted octanol–water partition coefficient (Wildman–Crippen LogP) is 3.10. The highest BCUT2D eigenvalue weighted by atomic mass is 15.0. The van der Waals surface area contributed by atoms with Crippen LogP contribution in [-0.2, 0) is 0 Å². The van der Waals surface area contributed by atoms with Gasteiger partial charge < -0.3 is 5.32 Å². The highest BCUT2D eigenvalue weighted by Gasteiger charge is 2.36. The van der Waals surface area contributed by atoms with E-state index in [0.717, 1.165) is 5.92 Å². The maximum Gasteiger partial charge on any atom is 0.0154 e. The van der Waals surface area contributed by atoms with E-state index >= 15 is 0 Å². The van der Waals surface area contributed by atoms with Crippen molar-refractivity contribution in [1.82, 2.24) is 5.32 Å². The van der Waals surface area contributed by atoms with E-state index in [1.807, 2.05) is 0 Å². The van der Waals surface area contributed by atoms with Crippen LogP contribution in [0.3, 0.4) is 0 Å². The first-order valence-electron chi connectivity index (χ1n) is 6.04. The van der Waals surface area contributed by atoms with Crippen molar-refractivity contribution < 1.29 is 0 Å². The largest absolute Gasteiger partial charge is 0.311 e. The van der Waals surface area contributed by atoms with Crippen molar-refractivity contribution in [3.8, 4) is 0 Å². The fourth-order valence-corrected chi connectivity index (χ4v) is 2.32. The molecule has 0 heterocycles. The van der Waals surface area contributed by atoms with E-state index in [2.05, 4.69) is 12.2 Å². The summed E-state index contributed by atoms with van der Waals surface area (Å²) < 4.78 is 0. The Kier molecular flexibility index (Phi) is 2.92. The Bertz CT molecular complexity index is 153. The molecule has 0 aromatic carbocycles. The van der Waals surface area contributed by atoms with E-state index in [4.69, 9.17) is 0 Å². The van der Waals surface area contributed by atoms with Gasteiger partial charge in [0.2, 0.25) is 0 Å². The fraction of sp³-hybridized carbons (Fsp3) is 1.00. The van der Waals surface area contributed by atoms with Crippen LogP contribution in [0.15, 0.2) is 0 Å². The van der Waals surface area contributed by atoms with Gasteiger partial charge in [-0.15, -0.1) is 0 Å². The standard InChI is InChI=1S/C12H23N/c1-12(8-9-12)13-10-11-6-4-2-3-5-7-11/h11,13H,2-10H2,1H3. The molecule has 1 heteroatoms. The molecule has 0 unspecified atom stereocenters. The van der Waals surface area contributed by atoms with Crippen LogP contribution in [0, 0.1) is 5.92 Å². The van der Waals surface area contributed by atoms with Gasteiger partial charge in [0, 0.05) is 5.54 Å². The fourth-order valence-electron chi connectivity index (χ4n) is 2.32. The van der Waals surface area contributed by atoms with Crippen LogP contribution in [0.5, 0.6) is 0 Å². The molecule has 2 fully saturated rings. The van der Waals surface area contributed by atoms with E-state index in [1.165, 1.54) is 57.9 Å². The van der Waals surface area contributed by atoms with Crippen molar-refractivity contribution in [2.24, 2.45) is 5.92 Å². The van der Waals surface area contributed by atoms with Crippen molar-refractivity contribution in [3.05, 3.63) is 0 Å². The molecular formula is C12H23N. The molecule has 2 saturated carbocycles. The Morgan fingerprint density at radius 3 is 2.23 bits per heavy atom. The van der Waals surface area contributed by atoms with Crippen molar-refractivity contribution in [3.63, 3.8) is 0 Å². The zero-order chi connectivity index (χ0) is 9.15. The molecule has 0 radical (unpaired) electrons. The third kappa shape index (κ3) is 2.98. The van der Waals surface area contributed by atoms with Gasteiger partial charge in [-0.05, 0) is 45.1 Å². The Hall–Kier alpha value is -0.0400. The third-order valence-electron chi connectivity index (χ3n) is 3.79. The molecule has 0 amide bonds. The highest BCUT2D eigenvalue weighted by Crippen LogP contribution is 2.35. The zero-order valence-electron chi connectivity index (χ0n) is 8.94. The average Bonchev–Trinajstić information content (AvgIpc) is 2.87. The lowest BCUT2D eigenvalue weighted by Crippen LogP contribution is -2.32. The molecule has 0 atom stereocenters. The SMILES string of the molecule is CC1(NCC2CCCCCC2)CC1. The summed E-state index contributed by atoms with van der Waals surface area (Å²) in [6.45, 7) is 3.65. The normalized spacial score (nSPS) is 28.4. The van der Waals surface area contributed by atoms with E-state index in [1.54, 1.807) is 0 Å². The van der Waals surface area contributed by atoms with Crippen molar-refractivity contribution in [2.45, 2.75) is 63.8 Å². The monoisotopic (exact) mass is 181 g/mol. The second-order valence-electron chi connectivity index (χ2n) is 5.30. The van der Waals surface area contributed by atoms with Crippen LogP contribution < -0.4 is 5.32 Å². The van der Waals surface area contributed by atoms with Gasteiger partial charge in [0.05, 0.1) is 0 Å². The molecule has 0 aliphatic heterocycles. The Morgan fingerprint density at radius 2 is 1.69 bits per heavy atom. The van der Waals surface area contributed by atoms with E-state index in [-0.39, 0.29) is 0 Å². The second kappa shape index (κ2) is 4.00. The van der Waals surface area contributed by atoms with Crippen LogP contribution >= 0.6 is 0 Å². The molecule has 1 N–H and O–H groups in total. The molecule has 0 bridgehead atoms. The summed E-state index contributed by atoms with van der Waals surface area (Å²) in [7, 11) is 0. The molecule has 1 nitrogen and oxygen atoms in total. The minimum absolute atomic E-state index is 0.548. The summed E-state index contributed by atoms with van der Waals surface area (Å²) in [6.07, 6.45) is 11.7. The first-order chi connectivity index (χ1) is 6.29. The smallest absolute Gasteiger partial charge is 0.0154 e. The Morgan fingerprint density at radius 1 is 1.08 bits per heavy atom. The number of nitrogens with one attached hydrogen (secondary N) is 1. The van der Waals surface area contributed by atoms with Crippen LogP contribution in [-0.4, -0.2) is 12.1 Å². The summed E-state index contributed by atoms with van der Waals surface area (Å²) in [4.78, 5) is 0. The van der Waals surface area contributed by atoms with Gasteiger partial charge in [-0.25, -0.2) is 0 Å². The predicted molar refractivity (Wildman–Crippen MR) is 56.8 cm³/mol. The van der Waals surface area contributed by atoms with Gasteiger partial charge in [0.25, 0.3) is 0 Å². The van der Waals surface area contributed by atoms with Crippen molar-refractivity contribution >= 4 is 0 Å². The quantitative estimate of drug-likeness (QED) is 0.660. The Labute approximate surface area is 82.3 Å². The number of rotatable bonds is 3. The minimum atomic E-state index is 0.548. The summed E-state index contributed by atoms with van der Waals surface area (Å²) in [5, 5.41) is 3.73.